The molecule has 0 saturated carbocycles. The lowest BCUT2D eigenvalue weighted by Crippen LogP contribution is -2.25. The highest BCUT2D eigenvalue weighted by atomic mass is 16.4. The van der Waals surface area contributed by atoms with Crippen molar-refractivity contribution >= 4 is 0 Å². The van der Waals surface area contributed by atoms with Crippen molar-refractivity contribution in [2.45, 2.75) is 19.1 Å². The summed E-state index contributed by atoms with van der Waals surface area (Å²) >= 11 is 0. The average Bonchev–Trinajstić information content (AvgIpc) is 1.65. The highest BCUT2D eigenvalue weighted by Crippen LogP contribution is 1.87. The van der Waals surface area contributed by atoms with Crippen LogP contribution in [0.4, 0.5) is 0 Å². The van der Waals surface area contributed by atoms with Crippen molar-refractivity contribution in [3.63, 3.8) is 0 Å². The Hall–Kier alpha value is -0.120. The van der Waals surface area contributed by atoms with E-state index in [1.165, 1.54) is 6.92 Å². The molecule has 0 rings (SSSR count). The number of hydrogen-bond acceptors (Lipinski definition) is 3. The normalized spacial score (nSPS) is 18.9. The molecule has 3 N–H and O–H groups in total. The summed E-state index contributed by atoms with van der Waals surface area (Å²) in [5, 5.41) is 24.9. The minimum absolute atomic E-state index is 0.377. The van der Waals surface area contributed by atoms with Crippen LogP contribution in [0.3, 0.4) is 0 Å². The standard InChI is InChI=1S/C4H10O3/c1-3(6)4(7)2-5/h3-7H,2H2,1H3/t3-,4+/m0/s1. The van der Waals surface area contributed by atoms with Crippen molar-refractivity contribution in [3.8, 4) is 0 Å². The Balaban J connectivity index is 3.14. The molecule has 0 bridgehead atoms. The highest BCUT2D eigenvalue weighted by Gasteiger charge is 2.06. The summed E-state index contributed by atoms with van der Waals surface area (Å²) in [6, 6.07) is 0. The van der Waals surface area contributed by atoms with Crippen molar-refractivity contribution in [1.82, 2.24) is 0 Å². The van der Waals surface area contributed by atoms with E-state index in [1.54, 1.807) is 0 Å². The van der Waals surface area contributed by atoms with Crippen molar-refractivity contribution in [1.29, 1.82) is 0 Å². The molecule has 2 atom stereocenters. The van der Waals surface area contributed by atoms with Crippen LogP contribution in [-0.4, -0.2) is 34.1 Å². The molecule has 44 valence electrons. The fourth-order valence-electron chi connectivity index (χ4n) is 0.153. The zero-order valence-electron chi connectivity index (χ0n) is 4.20. The molecule has 0 radical (unpaired) electrons. The highest BCUT2D eigenvalue weighted by molar-refractivity contribution is 4.57. The molecule has 3 nitrogen and oxygen atoms in total. The molecule has 0 aromatic heterocycles. The van der Waals surface area contributed by atoms with E-state index in [0.717, 1.165) is 0 Å². The summed E-state index contributed by atoms with van der Waals surface area (Å²) in [5.41, 5.74) is 0. The molecule has 0 aliphatic heterocycles. The molecule has 0 aromatic rings. The molecular formula is C4H10O3. The number of rotatable bonds is 2. The summed E-state index contributed by atoms with van der Waals surface area (Å²) in [6.07, 6.45) is -1.81. The first-order valence-electron chi connectivity index (χ1n) is 2.15. The van der Waals surface area contributed by atoms with Crippen LogP contribution >= 0.6 is 0 Å². The van der Waals surface area contributed by atoms with Crippen LogP contribution in [0.15, 0.2) is 0 Å². The van der Waals surface area contributed by atoms with Gasteiger partial charge in [-0.15, -0.1) is 0 Å². The van der Waals surface area contributed by atoms with Gasteiger partial charge in [0.15, 0.2) is 0 Å². The van der Waals surface area contributed by atoms with Crippen LogP contribution in [0, 0.1) is 0 Å². The lowest BCUT2D eigenvalue weighted by Gasteiger charge is -2.07. The SMILES string of the molecule is C[C@H](O)[C@H](O)CO. The van der Waals surface area contributed by atoms with E-state index in [4.69, 9.17) is 15.3 Å². The summed E-state index contributed by atoms with van der Waals surface area (Å²) in [6.45, 7) is 1.04. The smallest absolute Gasteiger partial charge is 0.103 e. The van der Waals surface area contributed by atoms with Crippen LogP contribution in [0.25, 0.3) is 0 Å². The first-order valence-corrected chi connectivity index (χ1v) is 2.15. The van der Waals surface area contributed by atoms with Gasteiger partial charge in [-0.2, -0.15) is 0 Å². The average molecular weight is 106 g/mol. The van der Waals surface area contributed by atoms with Gasteiger partial charge >= 0.3 is 0 Å². The van der Waals surface area contributed by atoms with Crippen LogP contribution in [0.5, 0.6) is 0 Å². The van der Waals surface area contributed by atoms with Crippen molar-refractivity contribution in [3.05, 3.63) is 0 Å². The van der Waals surface area contributed by atoms with E-state index in [1.807, 2.05) is 0 Å². The predicted molar refractivity (Wildman–Crippen MR) is 24.8 cm³/mol. The van der Waals surface area contributed by atoms with Gasteiger partial charge in [-0.3, -0.25) is 0 Å². The second-order valence-electron chi connectivity index (χ2n) is 1.49. The quantitative estimate of drug-likeness (QED) is 0.411. The van der Waals surface area contributed by atoms with E-state index < -0.39 is 12.2 Å². The van der Waals surface area contributed by atoms with Crippen molar-refractivity contribution < 1.29 is 15.3 Å². The third-order valence-electron chi connectivity index (χ3n) is 0.744. The first kappa shape index (κ1) is 6.88. The van der Waals surface area contributed by atoms with Crippen molar-refractivity contribution in [2.75, 3.05) is 6.61 Å². The lowest BCUT2D eigenvalue weighted by atomic mass is 10.2. The molecule has 0 unspecified atom stereocenters. The Morgan fingerprint density at radius 2 is 1.86 bits per heavy atom. The second kappa shape index (κ2) is 2.96. The maximum atomic E-state index is 8.44. The van der Waals surface area contributed by atoms with Gasteiger partial charge in [0.05, 0.1) is 12.7 Å². The third kappa shape index (κ3) is 2.56. The Morgan fingerprint density at radius 3 is 1.86 bits per heavy atom. The summed E-state index contributed by atoms with van der Waals surface area (Å²) in [5.74, 6) is 0. The fourth-order valence-corrected chi connectivity index (χ4v) is 0.153. The third-order valence-corrected chi connectivity index (χ3v) is 0.744. The molecule has 0 aromatic carbocycles. The van der Waals surface area contributed by atoms with E-state index in [9.17, 15) is 0 Å². The fraction of sp³-hybridized carbons (Fsp3) is 1.00. The summed E-state index contributed by atoms with van der Waals surface area (Å²) in [4.78, 5) is 0. The Morgan fingerprint density at radius 1 is 1.43 bits per heavy atom. The maximum Gasteiger partial charge on any atom is 0.103 e. The van der Waals surface area contributed by atoms with Gasteiger partial charge < -0.3 is 15.3 Å². The minimum atomic E-state index is -0.986. The molecule has 0 fully saturated rings. The Bertz CT molecular complexity index is 44.2. The van der Waals surface area contributed by atoms with Gasteiger partial charge in [-0.05, 0) is 6.92 Å². The topological polar surface area (TPSA) is 60.7 Å². The predicted octanol–water partition coefficient (Wildman–Crippen LogP) is -1.28. The zero-order chi connectivity index (χ0) is 5.86. The van der Waals surface area contributed by atoms with Gasteiger partial charge in [0.2, 0.25) is 0 Å². The Kier molecular flexibility index (Phi) is 2.91. The number of aliphatic hydroxyl groups is 3. The van der Waals surface area contributed by atoms with Crippen molar-refractivity contribution in [2.24, 2.45) is 0 Å². The minimum Gasteiger partial charge on any atom is -0.394 e. The van der Waals surface area contributed by atoms with Gasteiger partial charge in [-0.25, -0.2) is 0 Å². The first-order chi connectivity index (χ1) is 3.18. The van der Waals surface area contributed by atoms with Gasteiger partial charge in [0.25, 0.3) is 0 Å². The van der Waals surface area contributed by atoms with E-state index >= 15 is 0 Å². The van der Waals surface area contributed by atoms with Crippen LogP contribution in [0.2, 0.25) is 0 Å². The molecule has 3 heteroatoms. The molecule has 0 saturated heterocycles. The molecular weight excluding hydrogens is 96.0 g/mol. The van der Waals surface area contributed by atoms with E-state index in [-0.39, 0.29) is 6.61 Å². The Labute approximate surface area is 42.2 Å². The van der Waals surface area contributed by atoms with Crippen LogP contribution in [0.1, 0.15) is 6.92 Å². The van der Waals surface area contributed by atoms with Gasteiger partial charge in [0.1, 0.15) is 6.10 Å². The molecule has 0 amide bonds. The molecule has 0 aliphatic rings. The largest absolute Gasteiger partial charge is 0.394 e. The van der Waals surface area contributed by atoms with Gasteiger partial charge in [0, 0.05) is 0 Å². The molecule has 0 heterocycles. The summed E-state index contributed by atoms with van der Waals surface area (Å²) < 4.78 is 0. The monoisotopic (exact) mass is 106 g/mol. The lowest BCUT2D eigenvalue weighted by molar-refractivity contribution is -0.00425. The summed E-state index contributed by atoms with van der Waals surface area (Å²) in [7, 11) is 0. The molecule has 0 spiro atoms. The second-order valence-corrected chi connectivity index (χ2v) is 1.49. The molecule has 0 aliphatic carbocycles. The van der Waals surface area contributed by atoms with Crippen LogP contribution in [-0.2, 0) is 0 Å². The maximum absolute atomic E-state index is 8.44. The van der Waals surface area contributed by atoms with Crippen LogP contribution < -0.4 is 0 Å². The van der Waals surface area contributed by atoms with Gasteiger partial charge in [-0.1, -0.05) is 0 Å². The number of aliphatic hydroxyl groups excluding tert-OH is 3. The number of hydrogen-bond donors (Lipinski definition) is 3. The zero-order valence-corrected chi connectivity index (χ0v) is 4.20. The molecule has 7 heavy (non-hydrogen) atoms. The van der Waals surface area contributed by atoms with E-state index in [2.05, 4.69) is 0 Å². The van der Waals surface area contributed by atoms with E-state index in [0.29, 0.717) is 0 Å².